The summed E-state index contributed by atoms with van der Waals surface area (Å²) in [5.41, 5.74) is 2.70. The number of pyridine rings is 1. The van der Waals surface area contributed by atoms with E-state index in [4.69, 9.17) is 14.7 Å². The van der Waals surface area contributed by atoms with Crippen molar-refractivity contribution in [3.05, 3.63) is 59.9 Å². The van der Waals surface area contributed by atoms with Crippen LogP contribution in [0.25, 0.3) is 11.3 Å². The topological polar surface area (TPSA) is 107 Å². The minimum absolute atomic E-state index is 0.243. The van der Waals surface area contributed by atoms with Crippen LogP contribution in [0.15, 0.2) is 48.8 Å². The summed E-state index contributed by atoms with van der Waals surface area (Å²) in [5.74, 6) is 0.647. The third kappa shape index (κ3) is 4.50. The van der Waals surface area contributed by atoms with E-state index in [1.165, 1.54) is 4.90 Å². The zero-order chi connectivity index (χ0) is 22.5. The number of nitriles is 1. The van der Waals surface area contributed by atoms with Gasteiger partial charge in [-0.2, -0.15) is 10.2 Å². The van der Waals surface area contributed by atoms with Crippen molar-refractivity contribution in [3.63, 3.8) is 0 Å². The van der Waals surface area contributed by atoms with Crippen LogP contribution in [0.3, 0.4) is 0 Å². The number of carbonyl (C=O) groups is 1. The Hall–Kier alpha value is -4.03. The van der Waals surface area contributed by atoms with Gasteiger partial charge in [-0.15, -0.1) is 0 Å². The molecule has 2 aromatic heterocycles. The number of carbonyl (C=O) groups excluding carboxylic acids is 1. The number of nitrogens with one attached hydrogen (secondary N) is 1. The number of hydrogen-bond acceptors (Lipinski definition) is 8. The van der Waals surface area contributed by atoms with Gasteiger partial charge in [-0.3, -0.25) is 9.78 Å². The van der Waals surface area contributed by atoms with Gasteiger partial charge in [0.2, 0.25) is 5.95 Å². The van der Waals surface area contributed by atoms with Crippen molar-refractivity contribution < 1.29 is 9.53 Å². The Morgan fingerprint density at radius 2 is 1.91 bits per heavy atom. The number of hydrogen-bond donors (Lipinski definition) is 1. The predicted octanol–water partition coefficient (Wildman–Crippen LogP) is 2.69. The van der Waals surface area contributed by atoms with Crippen molar-refractivity contribution in [2.24, 2.45) is 0 Å². The number of benzene rings is 1. The van der Waals surface area contributed by atoms with Gasteiger partial charge in [0.1, 0.15) is 11.4 Å². The summed E-state index contributed by atoms with van der Waals surface area (Å²) in [5, 5.41) is 12.7. The molecule has 0 spiro atoms. The smallest absolute Gasteiger partial charge is 0.259 e. The molecule has 0 aliphatic carbocycles. The van der Waals surface area contributed by atoms with Gasteiger partial charge in [-0.1, -0.05) is 12.1 Å². The molecule has 1 fully saturated rings. The Labute approximate surface area is 186 Å². The molecule has 9 heteroatoms. The largest absolute Gasteiger partial charge is 0.378 e. The van der Waals surface area contributed by atoms with Gasteiger partial charge < -0.3 is 19.9 Å². The summed E-state index contributed by atoms with van der Waals surface area (Å²) in [4.78, 5) is 30.4. The van der Waals surface area contributed by atoms with E-state index in [1.54, 1.807) is 56.8 Å². The lowest BCUT2D eigenvalue weighted by Crippen LogP contribution is -2.37. The first kappa shape index (κ1) is 21.2. The van der Waals surface area contributed by atoms with Gasteiger partial charge >= 0.3 is 0 Å². The lowest BCUT2D eigenvalue weighted by molar-refractivity contribution is 0.0828. The minimum Gasteiger partial charge on any atom is -0.378 e. The molecule has 3 aromatic rings. The van der Waals surface area contributed by atoms with E-state index in [2.05, 4.69) is 16.4 Å². The average Bonchev–Trinajstić information content (AvgIpc) is 2.84. The van der Waals surface area contributed by atoms with E-state index >= 15 is 0 Å². The quantitative estimate of drug-likeness (QED) is 0.660. The first-order valence-corrected chi connectivity index (χ1v) is 10.2. The van der Waals surface area contributed by atoms with E-state index in [0.29, 0.717) is 60.5 Å². The van der Waals surface area contributed by atoms with Crippen LogP contribution in [0.2, 0.25) is 0 Å². The first-order valence-electron chi connectivity index (χ1n) is 10.2. The summed E-state index contributed by atoms with van der Waals surface area (Å²) >= 11 is 0. The maximum absolute atomic E-state index is 13.3. The summed E-state index contributed by atoms with van der Waals surface area (Å²) in [6.45, 7) is 2.45. The van der Waals surface area contributed by atoms with Crippen molar-refractivity contribution in [1.29, 1.82) is 5.26 Å². The fourth-order valence-electron chi connectivity index (χ4n) is 3.39. The molecule has 1 saturated heterocycles. The highest BCUT2D eigenvalue weighted by Crippen LogP contribution is 2.32. The van der Waals surface area contributed by atoms with Crippen molar-refractivity contribution in [3.8, 4) is 17.3 Å². The number of amides is 1. The second-order valence-corrected chi connectivity index (χ2v) is 7.45. The van der Waals surface area contributed by atoms with Crippen LogP contribution in [-0.2, 0) is 4.74 Å². The lowest BCUT2D eigenvalue weighted by Gasteiger charge is -2.28. The standard InChI is InChI=1S/C23H23N7O2/c1-29(2)22(31)19-20(17-5-3-4-16(14-17)15-24)27-23(30-10-12-32-13-11-30)28-21(19)26-18-6-8-25-9-7-18/h3-9,14H,10-13H2,1-2H3,(H,25,26,27,28). The third-order valence-electron chi connectivity index (χ3n) is 5.02. The molecular formula is C23H23N7O2. The van der Waals surface area contributed by atoms with E-state index in [9.17, 15) is 10.1 Å². The Morgan fingerprint density at radius 3 is 2.59 bits per heavy atom. The summed E-state index contributed by atoms with van der Waals surface area (Å²) in [6.07, 6.45) is 3.33. The van der Waals surface area contributed by atoms with Crippen LogP contribution in [0.5, 0.6) is 0 Å². The molecule has 1 amide bonds. The van der Waals surface area contributed by atoms with Crippen LogP contribution < -0.4 is 10.2 Å². The average molecular weight is 429 g/mol. The molecule has 1 aliphatic heterocycles. The maximum atomic E-state index is 13.3. The highest BCUT2D eigenvalue weighted by atomic mass is 16.5. The van der Waals surface area contributed by atoms with E-state index < -0.39 is 0 Å². The molecule has 0 saturated carbocycles. The zero-order valence-corrected chi connectivity index (χ0v) is 17.9. The number of ether oxygens (including phenoxy) is 1. The molecule has 4 rings (SSSR count). The van der Waals surface area contributed by atoms with Crippen LogP contribution in [-0.4, -0.2) is 66.2 Å². The summed E-state index contributed by atoms with van der Waals surface area (Å²) < 4.78 is 5.47. The molecule has 9 nitrogen and oxygen atoms in total. The second-order valence-electron chi connectivity index (χ2n) is 7.45. The number of aromatic nitrogens is 3. The second kappa shape index (κ2) is 9.41. The summed E-state index contributed by atoms with van der Waals surface area (Å²) in [7, 11) is 3.37. The van der Waals surface area contributed by atoms with Crippen LogP contribution in [0.1, 0.15) is 15.9 Å². The van der Waals surface area contributed by atoms with Crippen molar-refractivity contribution in [1.82, 2.24) is 19.9 Å². The molecule has 0 radical (unpaired) electrons. The number of rotatable bonds is 5. The molecule has 32 heavy (non-hydrogen) atoms. The van der Waals surface area contributed by atoms with Gasteiger partial charge in [-0.25, -0.2) is 4.98 Å². The van der Waals surface area contributed by atoms with E-state index in [0.717, 1.165) is 5.69 Å². The third-order valence-corrected chi connectivity index (χ3v) is 5.02. The molecule has 1 aromatic carbocycles. The highest BCUT2D eigenvalue weighted by Gasteiger charge is 2.26. The normalized spacial score (nSPS) is 13.3. The molecule has 0 atom stereocenters. The van der Waals surface area contributed by atoms with Gasteiger partial charge in [0.25, 0.3) is 5.91 Å². The molecule has 1 N–H and O–H groups in total. The van der Waals surface area contributed by atoms with Crippen LogP contribution >= 0.6 is 0 Å². The van der Waals surface area contributed by atoms with Gasteiger partial charge in [0.05, 0.1) is 30.5 Å². The minimum atomic E-state index is -0.243. The van der Waals surface area contributed by atoms with E-state index in [1.807, 2.05) is 11.0 Å². The molecule has 0 unspecified atom stereocenters. The number of morpholine rings is 1. The molecular weight excluding hydrogens is 406 g/mol. The molecule has 1 aliphatic rings. The number of anilines is 3. The maximum Gasteiger partial charge on any atom is 0.259 e. The first-order chi connectivity index (χ1) is 15.6. The molecule has 3 heterocycles. The van der Waals surface area contributed by atoms with Crippen molar-refractivity contribution >= 4 is 23.4 Å². The fraction of sp³-hybridized carbons (Fsp3) is 0.261. The SMILES string of the molecule is CN(C)C(=O)c1c(Nc2ccncc2)nc(N2CCOCC2)nc1-c1cccc(C#N)c1. The zero-order valence-electron chi connectivity index (χ0n) is 17.9. The van der Waals surface area contributed by atoms with Gasteiger partial charge in [0.15, 0.2) is 0 Å². The van der Waals surface area contributed by atoms with Gasteiger partial charge in [-0.05, 0) is 24.3 Å². The Kier molecular flexibility index (Phi) is 6.24. The molecule has 0 bridgehead atoms. The van der Waals surface area contributed by atoms with Crippen molar-refractivity contribution in [2.45, 2.75) is 0 Å². The number of nitrogens with zero attached hydrogens (tertiary/aromatic N) is 6. The lowest BCUT2D eigenvalue weighted by atomic mass is 10.0. The monoisotopic (exact) mass is 429 g/mol. The van der Waals surface area contributed by atoms with Crippen molar-refractivity contribution in [2.75, 3.05) is 50.6 Å². The van der Waals surface area contributed by atoms with Crippen LogP contribution in [0.4, 0.5) is 17.5 Å². The Morgan fingerprint density at radius 1 is 1.16 bits per heavy atom. The van der Waals surface area contributed by atoms with Crippen LogP contribution in [0, 0.1) is 11.3 Å². The van der Waals surface area contributed by atoms with E-state index in [-0.39, 0.29) is 5.91 Å². The highest BCUT2D eigenvalue weighted by molar-refractivity contribution is 6.05. The summed E-state index contributed by atoms with van der Waals surface area (Å²) in [6, 6.07) is 12.8. The van der Waals surface area contributed by atoms with Gasteiger partial charge in [0, 0.05) is 50.8 Å². The predicted molar refractivity (Wildman–Crippen MR) is 121 cm³/mol. The molecule has 162 valence electrons. The Balaban J connectivity index is 1.94. The fourth-order valence-corrected chi connectivity index (χ4v) is 3.39. The Bertz CT molecular complexity index is 1150.